The predicted octanol–water partition coefficient (Wildman–Crippen LogP) is 1.68. The summed E-state index contributed by atoms with van der Waals surface area (Å²) < 4.78 is 28.6. The van der Waals surface area contributed by atoms with Gasteiger partial charge in [0.1, 0.15) is 0 Å². The Morgan fingerprint density at radius 3 is 2.50 bits per heavy atom. The van der Waals surface area contributed by atoms with Crippen LogP contribution in [0.25, 0.3) is 0 Å². The van der Waals surface area contributed by atoms with Gasteiger partial charge in [-0.05, 0) is 43.6 Å². The molecule has 0 unspecified atom stereocenters. The highest BCUT2D eigenvalue weighted by Gasteiger charge is 2.23. The molecule has 26 heavy (non-hydrogen) atoms. The van der Waals surface area contributed by atoms with Crippen LogP contribution in [0.2, 0.25) is 0 Å². The number of aryl methyl sites for hydroxylation is 1. The van der Waals surface area contributed by atoms with E-state index in [0.717, 1.165) is 30.6 Å². The van der Waals surface area contributed by atoms with Gasteiger partial charge in [0.15, 0.2) is 5.96 Å². The molecule has 1 fully saturated rings. The summed E-state index contributed by atoms with van der Waals surface area (Å²) in [5, 5.41) is 6.64. The van der Waals surface area contributed by atoms with Crippen molar-refractivity contribution in [2.75, 3.05) is 20.1 Å². The average molecular weight is 384 g/mol. The van der Waals surface area contributed by atoms with Crippen LogP contribution in [-0.4, -0.2) is 45.1 Å². The molecule has 1 aliphatic rings. The first-order valence-electron chi connectivity index (χ1n) is 9.40. The van der Waals surface area contributed by atoms with E-state index >= 15 is 0 Å². The van der Waals surface area contributed by atoms with Crippen LogP contribution < -0.4 is 15.4 Å². The molecule has 0 atom stereocenters. The molecule has 1 saturated carbocycles. The molecule has 0 bridgehead atoms. The Kier molecular flexibility index (Phi) is 7.52. The van der Waals surface area contributed by atoms with Gasteiger partial charge in [0.25, 0.3) is 0 Å². The van der Waals surface area contributed by atoms with Crippen molar-refractivity contribution in [3.63, 3.8) is 0 Å². The Morgan fingerprint density at radius 2 is 1.96 bits per heavy atom. The van der Waals surface area contributed by atoms with Gasteiger partial charge in [0, 0.05) is 45.6 Å². The summed E-state index contributed by atoms with van der Waals surface area (Å²) in [6, 6.07) is 2.03. The minimum Gasteiger partial charge on any atom is -0.356 e. The molecule has 3 N–H and O–H groups in total. The SMILES string of the molecule is CN=C(NCCNS(=O)(=O)c1ccn(C)c1)NC1CCC(C(C)C)CC1. The van der Waals surface area contributed by atoms with E-state index in [1.54, 1.807) is 37.1 Å². The van der Waals surface area contributed by atoms with Gasteiger partial charge in [-0.2, -0.15) is 0 Å². The lowest BCUT2D eigenvalue weighted by atomic mass is 9.80. The highest BCUT2D eigenvalue weighted by atomic mass is 32.2. The topological polar surface area (TPSA) is 87.5 Å². The predicted molar refractivity (Wildman–Crippen MR) is 106 cm³/mol. The first kappa shape index (κ1) is 20.8. The molecule has 8 heteroatoms. The summed E-state index contributed by atoms with van der Waals surface area (Å²) in [6.07, 6.45) is 8.12. The molecule has 0 radical (unpaired) electrons. The van der Waals surface area contributed by atoms with Crippen molar-refractivity contribution in [3.05, 3.63) is 18.5 Å². The minimum absolute atomic E-state index is 0.282. The van der Waals surface area contributed by atoms with Crippen LogP contribution in [0, 0.1) is 11.8 Å². The zero-order valence-corrected chi connectivity index (χ0v) is 17.1. The fourth-order valence-corrected chi connectivity index (χ4v) is 4.49. The lowest BCUT2D eigenvalue weighted by Gasteiger charge is -2.32. The van der Waals surface area contributed by atoms with E-state index in [1.807, 2.05) is 0 Å². The van der Waals surface area contributed by atoms with Gasteiger partial charge in [0.2, 0.25) is 10.0 Å². The fourth-order valence-electron chi connectivity index (χ4n) is 3.40. The van der Waals surface area contributed by atoms with E-state index < -0.39 is 10.0 Å². The van der Waals surface area contributed by atoms with Gasteiger partial charge in [-0.15, -0.1) is 0 Å². The zero-order valence-electron chi connectivity index (χ0n) is 16.3. The molecule has 7 nitrogen and oxygen atoms in total. The third-order valence-corrected chi connectivity index (χ3v) is 6.55. The highest BCUT2D eigenvalue weighted by Crippen LogP contribution is 2.29. The van der Waals surface area contributed by atoms with E-state index in [1.165, 1.54) is 12.8 Å². The van der Waals surface area contributed by atoms with Crippen molar-refractivity contribution in [2.24, 2.45) is 23.9 Å². The average Bonchev–Trinajstić information content (AvgIpc) is 3.05. The van der Waals surface area contributed by atoms with Gasteiger partial charge >= 0.3 is 0 Å². The Balaban J connectivity index is 1.71. The van der Waals surface area contributed by atoms with Crippen molar-refractivity contribution in [3.8, 4) is 0 Å². The quantitative estimate of drug-likeness (QED) is 0.380. The van der Waals surface area contributed by atoms with Crippen molar-refractivity contribution in [1.82, 2.24) is 19.9 Å². The number of nitrogens with one attached hydrogen (secondary N) is 3. The van der Waals surface area contributed by atoms with Crippen LogP contribution in [0.3, 0.4) is 0 Å². The van der Waals surface area contributed by atoms with Crippen LogP contribution in [0.1, 0.15) is 39.5 Å². The standard InChI is InChI=1S/C18H33N5O2S/c1-14(2)15-5-7-16(8-6-15)22-18(19-3)20-10-11-21-26(24,25)17-9-12-23(4)13-17/h9,12-16,21H,5-8,10-11H2,1-4H3,(H2,19,20,22). The van der Waals surface area contributed by atoms with Crippen LogP contribution in [-0.2, 0) is 17.1 Å². The summed E-state index contributed by atoms with van der Waals surface area (Å²) in [7, 11) is 0.0790. The van der Waals surface area contributed by atoms with E-state index in [2.05, 4.69) is 34.2 Å². The normalized spacial score (nSPS) is 21.8. The molecule has 0 aliphatic heterocycles. The maximum absolute atomic E-state index is 12.2. The molecular weight excluding hydrogens is 350 g/mol. The monoisotopic (exact) mass is 383 g/mol. The first-order chi connectivity index (χ1) is 12.3. The summed E-state index contributed by atoms with van der Waals surface area (Å²) in [5.41, 5.74) is 0. The molecule has 0 amide bonds. The van der Waals surface area contributed by atoms with E-state index in [9.17, 15) is 8.42 Å². The van der Waals surface area contributed by atoms with Crippen molar-refractivity contribution in [2.45, 2.75) is 50.5 Å². The van der Waals surface area contributed by atoms with Crippen molar-refractivity contribution in [1.29, 1.82) is 0 Å². The van der Waals surface area contributed by atoms with Crippen LogP contribution in [0.15, 0.2) is 28.3 Å². The smallest absolute Gasteiger partial charge is 0.242 e. The molecule has 1 aromatic rings. The number of hydrogen-bond donors (Lipinski definition) is 3. The zero-order chi connectivity index (χ0) is 19.2. The van der Waals surface area contributed by atoms with E-state index in [-0.39, 0.29) is 4.90 Å². The largest absolute Gasteiger partial charge is 0.356 e. The van der Waals surface area contributed by atoms with Crippen LogP contribution >= 0.6 is 0 Å². The molecule has 2 rings (SSSR count). The molecule has 0 saturated heterocycles. The highest BCUT2D eigenvalue weighted by molar-refractivity contribution is 7.89. The molecular formula is C18H33N5O2S. The Hall–Kier alpha value is -1.54. The third-order valence-electron chi connectivity index (χ3n) is 5.10. The molecule has 0 aromatic carbocycles. The van der Waals surface area contributed by atoms with Gasteiger partial charge in [-0.1, -0.05) is 13.8 Å². The molecule has 1 aliphatic carbocycles. The van der Waals surface area contributed by atoms with Crippen molar-refractivity contribution >= 4 is 16.0 Å². The summed E-state index contributed by atoms with van der Waals surface area (Å²) in [4.78, 5) is 4.53. The van der Waals surface area contributed by atoms with Crippen LogP contribution in [0.5, 0.6) is 0 Å². The first-order valence-corrected chi connectivity index (χ1v) is 10.9. The molecule has 148 valence electrons. The maximum Gasteiger partial charge on any atom is 0.242 e. The summed E-state index contributed by atoms with van der Waals surface area (Å²) in [5.74, 6) is 2.32. The number of guanidine groups is 1. The number of rotatable bonds is 7. The fraction of sp³-hybridized carbons (Fsp3) is 0.722. The Morgan fingerprint density at radius 1 is 1.27 bits per heavy atom. The molecule has 1 aromatic heterocycles. The number of aromatic nitrogens is 1. The third kappa shape index (κ3) is 6.02. The number of nitrogens with zero attached hydrogens (tertiary/aromatic N) is 2. The summed E-state index contributed by atoms with van der Waals surface area (Å²) in [6.45, 7) is 5.38. The van der Waals surface area contributed by atoms with E-state index in [4.69, 9.17) is 0 Å². The lowest BCUT2D eigenvalue weighted by Crippen LogP contribution is -2.46. The number of sulfonamides is 1. The molecule has 0 spiro atoms. The maximum atomic E-state index is 12.2. The number of aliphatic imine (C=N–C) groups is 1. The number of hydrogen-bond acceptors (Lipinski definition) is 3. The van der Waals surface area contributed by atoms with Gasteiger partial charge < -0.3 is 15.2 Å². The van der Waals surface area contributed by atoms with E-state index in [0.29, 0.717) is 19.1 Å². The lowest BCUT2D eigenvalue weighted by molar-refractivity contribution is 0.250. The second-order valence-corrected chi connectivity index (χ2v) is 9.18. The minimum atomic E-state index is -3.46. The second kappa shape index (κ2) is 9.41. The van der Waals surface area contributed by atoms with Gasteiger partial charge in [0.05, 0.1) is 4.90 Å². The van der Waals surface area contributed by atoms with Gasteiger partial charge in [-0.25, -0.2) is 13.1 Å². The Labute approximate surface area is 157 Å². The Bertz CT molecular complexity index is 688. The molecule has 1 heterocycles. The second-order valence-electron chi connectivity index (χ2n) is 7.41. The van der Waals surface area contributed by atoms with Crippen LogP contribution in [0.4, 0.5) is 0 Å². The van der Waals surface area contributed by atoms with Crippen molar-refractivity contribution < 1.29 is 8.42 Å². The van der Waals surface area contributed by atoms with Gasteiger partial charge in [-0.3, -0.25) is 4.99 Å². The summed E-state index contributed by atoms with van der Waals surface area (Å²) >= 11 is 0.